The standard InChI is InChI=1S/C18H18N2O4/c1-10-7-14(11(2)19-10)16(21)9-24-18(23)13-3-5-15-12(8-13)4-6-17(22)20-15/h3,5,7-8,19H,4,6,9H2,1-2H3,(H,20,22). The fourth-order valence-corrected chi connectivity index (χ4v) is 2.82. The van der Waals surface area contributed by atoms with E-state index in [9.17, 15) is 14.4 Å². The summed E-state index contributed by atoms with van der Waals surface area (Å²) in [5.74, 6) is -0.816. The van der Waals surface area contributed by atoms with Crippen LogP contribution in [-0.4, -0.2) is 29.3 Å². The van der Waals surface area contributed by atoms with Gasteiger partial charge in [0.25, 0.3) is 0 Å². The fourth-order valence-electron chi connectivity index (χ4n) is 2.82. The van der Waals surface area contributed by atoms with Gasteiger partial charge in [0.2, 0.25) is 11.7 Å². The molecule has 6 nitrogen and oxygen atoms in total. The smallest absolute Gasteiger partial charge is 0.338 e. The maximum absolute atomic E-state index is 12.2. The van der Waals surface area contributed by atoms with Crippen LogP contribution in [0.4, 0.5) is 5.69 Å². The van der Waals surface area contributed by atoms with Crippen LogP contribution in [0.1, 0.15) is 44.1 Å². The molecular formula is C18H18N2O4. The highest BCUT2D eigenvalue weighted by atomic mass is 16.5. The van der Waals surface area contributed by atoms with Gasteiger partial charge < -0.3 is 15.0 Å². The number of rotatable bonds is 4. The monoisotopic (exact) mass is 326 g/mol. The number of hydrogen-bond donors (Lipinski definition) is 2. The van der Waals surface area contributed by atoms with Gasteiger partial charge in [-0.1, -0.05) is 0 Å². The van der Waals surface area contributed by atoms with Gasteiger partial charge in [-0.3, -0.25) is 9.59 Å². The number of hydrogen-bond acceptors (Lipinski definition) is 4. The second kappa shape index (κ2) is 6.31. The Kier molecular flexibility index (Phi) is 4.20. The van der Waals surface area contributed by atoms with Crippen molar-refractivity contribution in [2.45, 2.75) is 26.7 Å². The molecule has 0 fully saturated rings. The third-order valence-electron chi connectivity index (χ3n) is 4.02. The van der Waals surface area contributed by atoms with Gasteiger partial charge in [-0.2, -0.15) is 0 Å². The topological polar surface area (TPSA) is 88.3 Å². The summed E-state index contributed by atoms with van der Waals surface area (Å²) in [6.45, 7) is 3.37. The Hall–Kier alpha value is -2.89. The Morgan fingerprint density at radius 2 is 1.96 bits per heavy atom. The molecule has 0 radical (unpaired) electrons. The number of esters is 1. The molecule has 1 aromatic carbocycles. The highest BCUT2D eigenvalue weighted by Crippen LogP contribution is 2.24. The van der Waals surface area contributed by atoms with E-state index in [0.29, 0.717) is 24.0 Å². The molecule has 24 heavy (non-hydrogen) atoms. The highest BCUT2D eigenvalue weighted by molar-refractivity contribution is 6.01. The maximum Gasteiger partial charge on any atom is 0.338 e. The van der Waals surface area contributed by atoms with Crippen LogP contribution < -0.4 is 5.32 Å². The first-order valence-electron chi connectivity index (χ1n) is 7.73. The molecule has 0 bridgehead atoms. The predicted octanol–water partition coefficient (Wildman–Crippen LogP) is 2.56. The number of benzene rings is 1. The Bertz CT molecular complexity index is 836. The first-order chi connectivity index (χ1) is 11.4. The average Bonchev–Trinajstić information content (AvgIpc) is 2.90. The predicted molar refractivity (Wildman–Crippen MR) is 88.3 cm³/mol. The van der Waals surface area contributed by atoms with Gasteiger partial charge in [-0.05, 0) is 50.1 Å². The number of aromatic amines is 1. The molecule has 6 heteroatoms. The van der Waals surface area contributed by atoms with Gasteiger partial charge in [0.1, 0.15) is 0 Å². The zero-order valence-electron chi connectivity index (χ0n) is 13.6. The van der Waals surface area contributed by atoms with Crippen molar-refractivity contribution in [3.63, 3.8) is 0 Å². The second-order valence-corrected chi connectivity index (χ2v) is 5.91. The van der Waals surface area contributed by atoms with E-state index in [2.05, 4.69) is 10.3 Å². The van der Waals surface area contributed by atoms with Crippen LogP contribution in [-0.2, 0) is 16.0 Å². The summed E-state index contributed by atoms with van der Waals surface area (Å²) in [5.41, 5.74) is 4.18. The molecule has 0 saturated heterocycles. The molecule has 0 saturated carbocycles. The molecule has 1 amide bonds. The van der Waals surface area contributed by atoms with E-state index in [-0.39, 0.29) is 18.3 Å². The van der Waals surface area contributed by atoms with Crippen LogP contribution in [0.2, 0.25) is 0 Å². The van der Waals surface area contributed by atoms with E-state index in [1.807, 2.05) is 6.92 Å². The Labute approximate surface area is 139 Å². The number of fused-ring (bicyclic) bond motifs is 1. The van der Waals surface area contributed by atoms with Gasteiger partial charge in [-0.25, -0.2) is 4.79 Å². The lowest BCUT2D eigenvalue weighted by Crippen LogP contribution is -2.20. The molecule has 124 valence electrons. The Morgan fingerprint density at radius 1 is 1.17 bits per heavy atom. The molecule has 0 aliphatic carbocycles. The number of ether oxygens (including phenoxy) is 1. The summed E-state index contributed by atoms with van der Waals surface area (Å²) in [4.78, 5) is 38.7. The van der Waals surface area contributed by atoms with Gasteiger partial charge in [0.15, 0.2) is 6.61 Å². The van der Waals surface area contributed by atoms with Crippen LogP contribution in [0.3, 0.4) is 0 Å². The van der Waals surface area contributed by atoms with Gasteiger partial charge in [-0.15, -0.1) is 0 Å². The molecule has 0 unspecified atom stereocenters. The molecule has 1 aromatic heterocycles. The minimum Gasteiger partial charge on any atom is -0.454 e. The zero-order valence-corrected chi connectivity index (χ0v) is 13.6. The van der Waals surface area contributed by atoms with Crippen molar-refractivity contribution in [1.29, 1.82) is 0 Å². The minimum absolute atomic E-state index is 0.0272. The van der Waals surface area contributed by atoms with E-state index in [1.165, 1.54) is 0 Å². The van der Waals surface area contributed by atoms with Crippen molar-refractivity contribution in [2.24, 2.45) is 0 Å². The normalized spacial score (nSPS) is 13.2. The highest BCUT2D eigenvalue weighted by Gasteiger charge is 2.19. The van der Waals surface area contributed by atoms with Crippen molar-refractivity contribution in [3.8, 4) is 0 Å². The van der Waals surface area contributed by atoms with Crippen LogP contribution >= 0.6 is 0 Å². The molecule has 1 aliphatic heterocycles. The first kappa shape index (κ1) is 16.0. The quantitative estimate of drug-likeness (QED) is 0.667. The number of anilines is 1. The SMILES string of the molecule is Cc1cc(C(=O)COC(=O)c2ccc3c(c2)CCC(=O)N3)c(C)[nH]1. The molecule has 0 atom stereocenters. The molecular weight excluding hydrogens is 308 g/mol. The summed E-state index contributed by atoms with van der Waals surface area (Å²) >= 11 is 0. The third kappa shape index (κ3) is 3.22. The summed E-state index contributed by atoms with van der Waals surface area (Å²) in [6, 6.07) is 6.72. The lowest BCUT2D eigenvalue weighted by molar-refractivity contribution is -0.116. The number of Topliss-reactive ketones (excluding diaryl/α,β-unsaturated/α-hetero) is 1. The summed E-state index contributed by atoms with van der Waals surface area (Å²) in [5, 5.41) is 2.76. The summed E-state index contributed by atoms with van der Waals surface area (Å²) < 4.78 is 5.13. The van der Waals surface area contributed by atoms with Gasteiger partial charge in [0.05, 0.1) is 5.56 Å². The van der Waals surface area contributed by atoms with Crippen molar-refractivity contribution >= 4 is 23.3 Å². The average molecular weight is 326 g/mol. The first-order valence-corrected chi connectivity index (χ1v) is 7.73. The zero-order chi connectivity index (χ0) is 17.3. The van der Waals surface area contributed by atoms with E-state index >= 15 is 0 Å². The Morgan fingerprint density at radius 3 is 2.67 bits per heavy atom. The molecule has 2 aromatic rings. The lowest BCUT2D eigenvalue weighted by Gasteiger charge is -2.17. The van der Waals surface area contributed by atoms with Crippen LogP contribution in [0, 0.1) is 13.8 Å². The van der Waals surface area contributed by atoms with E-state index in [1.54, 1.807) is 31.2 Å². The number of nitrogens with one attached hydrogen (secondary N) is 2. The van der Waals surface area contributed by atoms with Crippen molar-refractivity contribution in [2.75, 3.05) is 11.9 Å². The molecule has 1 aliphatic rings. The Balaban J connectivity index is 1.66. The molecule has 3 rings (SSSR count). The van der Waals surface area contributed by atoms with Crippen molar-refractivity contribution < 1.29 is 19.1 Å². The largest absolute Gasteiger partial charge is 0.454 e. The number of carbonyl (C=O) groups excluding carboxylic acids is 3. The summed E-state index contributed by atoms with van der Waals surface area (Å²) in [7, 11) is 0. The number of amides is 1. The second-order valence-electron chi connectivity index (χ2n) is 5.91. The minimum atomic E-state index is -0.548. The number of aromatic nitrogens is 1. The molecule has 2 N–H and O–H groups in total. The van der Waals surface area contributed by atoms with Crippen LogP contribution in [0.5, 0.6) is 0 Å². The number of H-pyrrole nitrogens is 1. The molecule has 2 heterocycles. The lowest BCUT2D eigenvalue weighted by atomic mass is 10.0. The maximum atomic E-state index is 12.2. The van der Waals surface area contributed by atoms with E-state index < -0.39 is 5.97 Å². The summed E-state index contributed by atoms with van der Waals surface area (Å²) in [6.07, 6.45) is 0.985. The number of carbonyl (C=O) groups is 3. The van der Waals surface area contributed by atoms with Crippen LogP contribution in [0.15, 0.2) is 24.3 Å². The van der Waals surface area contributed by atoms with E-state index in [0.717, 1.165) is 22.6 Å². The molecule has 0 spiro atoms. The van der Waals surface area contributed by atoms with Crippen molar-refractivity contribution in [1.82, 2.24) is 4.98 Å². The van der Waals surface area contributed by atoms with Gasteiger partial charge >= 0.3 is 5.97 Å². The van der Waals surface area contributed by atoms with E-state index in [4.69, 9.17) is 4.74 Å². The fraction of sp³-hybridized carbons (Fsp3) is 0.278. The number of aryl methyl sites for hydroxylation is 3. The van der Waals surface area contributed by atoms with Crippen LogP contribution in [0.25, 0.3) is 0 Å². The third-order valence-corrected chi connectivity index (χ3v) is 4.02. The van der Waals surface area contributed by atoms with Gasteiger partial charge in [0, 0.05) is 29.1 Å². The van der Waals surface area contributed by atoms with Crippen molar-refractivity contribution in [3.05, 3.63) is 52.3 Å². The number of ketones is 1.